The summed E-state index contributed by atoms with van der Waals surface area (Å²) in [7, 11) is 0. The quantitative estimate of drug-likeness (QED) is 0.844. The zero-order chi connectivity index (χ0) is 16.9. The maximum Gasteiger partial charge on any atom is 0.236 e. The highest BCUT2D eigenvalue weighted by molar-refractivity contribution is 7.07. The highest BCUT2D eigenvalue weighted by Gasteiger charge is 2.27. The molecule has 1 aromatic rings. The molecule has 0 bridgehead atoms. The standard InChI is InChI=1S/C17H26N4O2S/c18-17(23)15-1-4-19(5-2-15)12-16(22)21-8-6-20(7-9-21)11-14-3-10-24-13-14/h3,10,13,15H,1-2,4-9,11-12H2,(H2,18,23). The Kier molecular flexibility index (Phi) is 5.86. The maximum atomic E-state index is 12.5. The van der Waals surface area contributed by atoms with E-state index in [1.54, 1.807) is 11.3 Å². The van der Waals surface area contributed by atoms with Crippen molar-refractivity contribution in [2.75, 3.05) is 45.8 Å². The minimum Gasteiger partial charge on any atom is -0.369 e. The molecule has 0 unspecified atom stereocenters. The second-order valence-corrected chi connectivity index (χ2v) is 7.52. The van der Waals surface area contributed by atoms with Gasteiger partial charge in [-0.1, -0.05) is 0 Å². The van der Waals surface area contributed by atoms with Crippen molar-refractivity contribution in [1.29, 1.82) is 0 Å². The van der Waals surface area contributed by atoms with Crippen LogP contribution in [0.25, 0.3) is 0 Å². The monoisotopic (exact) mass is 350 g/mol. The normalized spacial score (nSPS) is 21.1. The second kappa shape index (κ2) is 8.09. The van der Waals surface area contributed by atoms with Crippen LogP contribution in [0.15, 0.2) is 16.8 Å². The van der Waals surface area contributed by atoms with Gasteiger partial charge in [0.2, 0.25) is 11.8 Å². The molecule has 2 aliphatic heterocycles. The first-order valence-electron chi connectivity index (χ1n) is 8.64. The zero-order valence-electron chi connectivity index (χ0n) is 14.0. The number of rotatable bonds is 5. The molecule has 24 heavy (non-hydrogen) atoms. The predicted molar refractivity (Wildman–Crippen MR) is 94.5 cm³/mol. The molecule has 2 fully saturated rings. The van der Waals surface area contributed by atoms with Crippen LogP contribution in [0, 0.1) is 5.92 Å². The number of hydrogen-bond acceptors (Lipinski definition) is 5. The van der Waals surface area contributed by atoms with Crippen molar-refractivity contribution in [1.82, 2.24) is 14.7 Å². The number of thiophene rings is 1. The largest absolute Gasteiger partial charge is 0.369 e. The molecule has 0 saturated carbocycles. The van der Waals surface area contributed by atoms with E-state index in [9.17, 15) is 9.59 Å². The summed E-state index contributed by atoms with van der Waals surface area (Å²) in [5.74, 6) is -0.0116. The highest BCUT2D eigenvalue weighted by atomic mass is 32.1. The molecule has 0 aliphatic carbocycles. The van der Waals surface area contributed by atoms with Gasteiger partial charge in [-0.05, 0) is 48.3 Å². The fraction of sp³-hybridized carbons (Fsp3) is 0.647. The van der Waals surface area contributed by atoms with Crippen LogP contribution in [0.5, 0.6) is 0 Å². The van der Waals surface area contributed by atoms with Gasteiger partial charge in [-0.3, -0.25) is 19.4 Å². The molecule has 1 aromatic heterocycles. The van der Waals surface area contributed by atoms with Crippen LogP contribution in [-0.2, 0) is 16.1 Å². The van der Waals surface area contributed by atoms with Crippen LogP contribution < -0.4 is 5.73 Å². The number of hydrogen-bond donors (Lipinski definition) is 1. The van der Waals surface area contributed by atoms with Crippen molar-refractivity contribution < 1.29 is 9.59 Å². The average molecular weight is 350 g/mol. The van der Waals surface area contributed by atoms with E-state index in [4.69, 9.17) is 5.73 Å². The summed E-state index contributed by atoms with van der Waals surface area (Å²) >= 11 is 1.73. The maximum absolute atomic E-state index is 12.5. The van der Waals surface area contributed by atoms with Gasteiger partial charge in [-0.25, -0.2) is 0 Å². The number of amides is 2. The number of carbonyl (C=O) groups is 2. The van der Waals surface area contributed by atoms with Gasteiger partial charge in [0, 0.05) is 38.6 Å². The van der Waals surface area contributed by atoms with E-state index < -0.39 is 0 Å². The van der Waals surface area contributed by atoms with E-state index in [1.165, 1.54) is 5.56 Å². The first-order valence-corrected chi connectivity index (χ1v) is 9.59. The smallest absolute Gasteiger partial charge is 0.236 e. The highest BCUT2D eigenvalue weighted by Crippen LogP contribution is 2.17. The van der Waals surface area contributed by atoms with Crippen LogP contribution in [0.3, 0.4) is 0 Å². The molecule has 0 spiro atoms. The fourth-order valence-corrected chi connectivity index (χ4v) is 4.12. The summed E-state index contributed by atoms with van der Waals surface area (Å²) < 4.78 is 0. The Hall–Kier alpha value is -1.44. The molecule has 2 saturated heterocycles. The number of nitrogens with zero attached hydrogens (tertiary/aromatic N) is 3. The van der Waals surface area contributed by atoms with Crippen molar-refractivity contribution in [2.24, 2.45) is 11.7 Å². The second-order valence-electron chi connectivity index (χ2n) is 6.74. The van der Waals surface area contributed by atoms with E-state index in [2.05, 4.69) is 26.6 Å². The van der Waals surface area contributed by atoms with E-state index in [-0.39, 0.29) is 17.7 Å². The molecule has 2 aliphatic rings. The molecule has 132 valence electrons. The van der Waals surface area contributed by atoms with Gasteiger partial charge in [0.05, 0.1) is 6.54 Å². The average Bonchev–Trinajstić information content (AvgIpc) is 3.09. The van der Waals surface area contributed by atoms with Crippen molar-refractivity contribution >= 4 is 23.2 Å². The minimum atomic E-state index is -0.206. The third-order valence-corrected chi connectivity index (χ3v) is 5.79. The van der Waals surface area contributed by atoms with Crippen molar-refractivity contribution in [3.63, 3.8) is 0 Å². The molecular formula is C17H26N4O2S. The molecule has 6 nitrogen and oxygen atoms in total. The lowest BCUT2D eigenvalue weighted by molar-refractivity contribution is -0.134. The van der Waals surface area contributed by atoms with Crippen LogP contribution in [-0.4, -0.2) is 72.3 Å². The molecule has 2 N–H and O–H groups in total. The zero-order valence-corrected chi connectivity index (χ0v) is 14.8. The third-order valence-electron chi connectivity index (χ3n) is 5.06. The third kappa shape index (κ3) is 4.55. The van der Waals surface area contributed by atoms with E-state index in [0.717, 1.165) is 58.7 Å². The van der Waals surface area contributed by atoms with E-state index in [1.807, 2.05) is 4.90 Å². The lowest BCUT2D eigenvalue weighted by atomic mass is 9.96. The molecule has 0 aromatic carbocycles. The summed E-state index contributed by atoms with van der Waals surface area (Å²) in [5.41, 5.74) is 6.71. The van der Waals surface area contributed by atoms with Gasteiger partial charge >= 0.3 is 0 Å². The lowest BCUT2D eigenvalue weighted by Gasteiger charge is -2.36. The van der Waals surface area contributed by atoms with Gasteiger partial charge < -0.3 is 10.6 Å². The van der Waals surface area contributed by atoms with E-state index >= 15 is 0 Å². The van der Waals surface area contributed by atoms with Gasteiger partial charge in [-0.2, -0.15) is 11.3 Å². The molecule has 0 radical (unpaired) electrons. The fourth-order valence-electron chi connectivity index (χ4n) is 3.46. The number of piperazine rings is 1. The number of primary amides is 1. The van der Waals surface area contributed by atoms with Crippen molar-refractivity contribution in [3.05, 3.63) is 22.4 Å². The van der Waals surface area contributed by atoms with Crippen LogP contribution in [0.4, 0.5) is 0 Å². The van der Waals surface area contributed by atoms with Gasteiger partial charge in [0.1, 0.15) is 0 Å². The van der Waals surface area contributed by atoms with Crippen LogP contribution >= 0.6 is 11.3 Å². The first kappa shape index (κ1) is 17.4. The number of likely N-dealkylation sites (tertiary alicyclic amines) is 1. The Morgan fingerprint density at radius 1 is 1.08 bits per heavy atom. The Morgan fingerprint density at radius 3 is 2.38 bits per heavy atom. The molecular weight excluding hydrogens is 324 g/mol. The number of piperidine rings is 1. The van der Waals surface area contributed by atoms with Gasteiger partial charge in [-0.15, -0.1) is 0 Å². The Bertz CT molecular complexity index is 547. The predicted octanol–water partition coefficient (Wildman–Crippen LogP) is 0.590. The Balaban J connectivity index is 1.38. The topological polar surface area (TPSA) is 69.9 Å². The van der Waals surface area contributed by atoms with Crippen LogP contribution in [0.2, 0.25) is 0 Å². The molecule has 3 rings (SSSR count). The molecule has 2 amide bonds. The molecule has 7 heteroatoms. The summed E-state index contributed by atoms with van der Waals surface area (Å²) in [6.45, 7) is 6.51. The molecule has 3 heterocycles. The molecule has 0 atom stereocenters. The van der Waals surface area contributed by atoms with Crippen molar-refractivity contribution in [2.45, 2.75) is 19.4 Å². The summed E-state index contributed by atoms with van der Waals surface area (Å²) in [6, 6.07) is 2.16. The van der Waals surface area contributed by atoms with Crippen molar-refractivity contribution in [3.8, 4) is 0 Å². The van der Waals surface area contributed by atoms with Gasteiger partial charge in [0.15, 0.2) is 0 Å². The Labute approximate surface area is 147 Å². The summed E-state index contributed by atoms with van der Waals surface area (Å²) in [4.78, 5) is 30.2. The SMILES string of the molecule is NC(=O)C1CCN(CC(=O)N2CCN(Cc3ccsc3)CC2)CC1. The summed E-state index contributed by atoms with van der Waals surface area (Å²) in [6.07, 6.45) is 1.55. The number of carbonyl (C=O) groups excluding carboxylic acids is 2. The Morgan fingerprint density at radius 2 is 1.79 bits per heavy atom. The lowest BCUT2D eigenvalue weighted by Crippen LogP contribution is -2.51. The first-order chi connectivity index (χ1) is 11.6. The van der Waals surface area contributed by atoms with Crippen LogP contribution in [0.1, 0.15) is 18.4 Å². The van der Waals surface area contributed by atoms with E-state index in [0.29, 0.717) is 6.54 Å². The van der Waals surface area contributed by atoms with Gasteiger partial charge in [0.25, 0.3) is 0 Å². The minimum absolute atomic E-state index is 0.0167. The number of nitrogens with two attached hydrogens (primary N) is 1. The summed E-state index contributed by atoms with van der Waals surface area (Å²) in [5, 5.41) is 4.30.